The first-order valence-electron chi connectivity index (χ1n) is 8.85. The molecule has 0 unspecified atom stereocenters. The van der Waals surface area contributed by atoms with Crippen molar-refractivity contribution in [3.8, 4) is 5.75 Å². The fourth-order valence-corrected chi connectivity index (χ4v) is 2.73. The van der Waals surface area contributed by atoms with Crippen LogP contribution in [-0.2, 0) is 24.6 Å². The number of carbonyl (C=O) groups is 1. The van der Waals surface area contributed by atoms with E-state index >= 15 is 0 Å². The number of Topliss-reactive ketones (excluding diaryl/α,β-unsaturated/α-hetero) is 1. The van der Waals surface area contributed by atoms with E-state index in [4.69, 9.17) is 9.47 Å². The van der Waals surface area contributed by atoms with Crippen LogP contribution in [0.4, 0.5) is 11.8 Å². The fourth-order valence-electron chi connectivity index (χ4n) is 2.73. The number of hydrogen-bond acceptors (Lipinski definition) is 7. The lowest BCUT2D eigenvalue weighted by Gasteiger charge is -2.09. The molecule has 0 aliphatic carbocycles. The van der Waals surface area contributed by atoms with Gasteiger partial charge in [0, 0.05) is 44.4 Å². The first-order chi connectivity index (χ1) is 13.6. The zero-order chi connectivity index (χ0) is 19.9. The quantitative estimate of drug-likeness (QED) is 0.570. The number of hydrogen-bond donors (Lipinski definition) is 1. The molecule has 28 heavy (non-hydrogen) atoms. The van der Waals surface area contributed by atoms with Crippen LogP contribution in [0.5, 0.6) is 5.75 Å². The molecule has 8 nitrogen and oxygen atoms in total. The second-order valence-corrected chi connectivity index (χ2v) is 6.34. The predicted octanol–water partition coefficient (Wildman–Crippen LogP) is 2.58. The Morgan fingerprint density at radius 2 is 1.86 bits per heavy atom. The summed E-state index contributed by atoms with van der Waals surface area (Å²) in [5, 5.41) is 7.29. The maximum Gasteiger partial charge on any atom is 0.228 e. The molecule has 2 aromatic heterocycles. The van der Waals surface area contributed by atoms with Gasteiger partial charge in [0.1, 0.15) is 12.4 Å². The van der Waals surface area contributed by atoms with Gasteiger partial charge in [0.25, 0.3) is 0 Å². The summed E-state index contributed by atoms with van der Waals surface area (Å²) in [4.78, 5) is 20.8. The lowest BCUT2D eigenvalue weighted by Crippen LogP contribution is -2.08. The van der Waals surface area contributed by atoms with Crippen molar-refractivity contribution in [2.75, 3.05) is 26.1 Å². The summed E-state index contributed by atoms with van der Waals surface area (Å²) in [7, 11) is 4.94. The lowest BCUT2D eigenvalue weighted by atomic mass is 10.0. The third-order valence-electron chi connectivity index (χ3n) is 4.16. The molecule has 0 fully saturated rings. The molecule has 2 heterocycles. The van der Waals surface area contributed by atoms with Crippen molar-refractivity contribution in [2.24, 2.45) is 7.05 Å². The highest BCUT2D eigenvalue weighted by molar-refractivity contribution is 5.97. The van der Waals surface area contributed by atoms with Crippen LogP contribution < -0.4 is 10.1 Å². The van der Waals surface area contributed by atoms with Crippen LogP contribution in [0.25, 0.3) is 0 Å². The molecule has 0 amide bonds. The molecule has 0 spiro atoms. The Hall–Kier alpha value is -3.26. The number of nitrogens with zero attached hydrogens (tertiary/aromatic N) is 4. The zero-order valence-corrected chi connectivity index (χ0v) is 16.2. The van der Waals surface area contributed by atoms with Gasteiger partial charge >= 0.3 is 0 Å². The van der Waals surface area contributed by atoms with Crippen molar-refractivity contribution in [1.82, 2.24) is 19.7 Å². The second-order valence-electron chi connectivity index (χ2n) is 6.34. The Bertz CT molecular complexity index is 937. The van der Waals surface area contributed by atoms with E-state index in [1.807, 2.05) is 31.4 Å². The van der Waals surface area contributed by atoms with E-state index in [1.54, 1.807) is 30.3 Å². The molecule has 8 heteroatoms. The van der Waals surface area contributed by atoms with E-state index < -0.39 is 0 Å². The van der Waals surface area contributed by atoms with Crippen molar-refractivity contribution in [1.29, 1.82) is 0 Å². The van der Waals surface area contributed by atoms with E-state index in [9.17, 15) is 4.79 Å². The Morgan fingerprint density at radius 3 is 2.50 bits per heavy atom. The summed E-state index contributed by atoms with van der Waals surface area (Å²) in [6.07, 6.45) is 6.90. The van der Waals surface area contributed by atoms with Crippen molar-refractivity contribution >= 4 is 17.5 Å². The average Bonchev–Trinajstić information content (AvgIpc) is 3.12. The van der Waals surface area contributed by atoms with Crippen LogP contribution >= 0.6 is 0 Å². The third-order valence-corrected chi connectivity index (χ3v) is 4.16. The predicted molar refractivity (Wildman–Crippen MR) is 105 cm³/mol. The summed E-state index contributed by atoms with van der Waals surface area (Å²) in [6.45, 7) is 0.0468. The van der Waals surface area contributed by atoms with Gasteiger partial charge in [-0.3, -0.25) is 9.48 Å². The number of ketones is 1. The molecular formula is C20H23N5O3. The summed E-state index contributed by atoms with van der Waals surface area (Å²) in [6, 6.07) is 7.39. The van der Waals surface area contributed by atoms with Crippen LogP contribution in [-0.4, -0.2) is 46.4 Å². The molecule has 0 atom stereocenters. The monoisotopic (exact) mass is 381 g/mol. The highest BCUT2D eigenvalue weighted by Gasteiger charge is 2.10. The van der Waals surface area contributed by atoms with Gasteiger partial charge in [0.05, 0.1) is 7.11 Å². The third kappa shape index (κ3) is 5.14. The molecule has 1 aromatic carbocycles. The Labute approximate surface area is 163 Å². The minimum absolute atomic E-state index is 0.0468. The molecule has 0 aliphatic rings. The molecule has 3 aromatic rings. The van der Waals surface area contributed by atoms with E-state index in [0.717, 1.165) is 24.0 Å². The number of aromatic nitrogens is 4. The van der Waals surface area contributed by atoms with E-state index in [1.165, 1.54) is 7.11 Å². The SMILES string of the molecule is COCC(=O)c1cc(CCc2cnc(Nc3ccn(C)n3)nc2)cc(OC)c1. The first kappa shape index (κ1) is 19.5. The van der Waals surface area contributed by atoms with Crippen molar-refractivity contribution in [2.45, 2.75) is 12.8 Å². The van der Waals surface area contributed by atoms with Gasteiger partial charge in [-0.1, -0.05) is 0 Å². The molecular weight excluding hydrogens is 358 g/mol. The van der Waals surface area contributed by atoms with Crippen molar-refractivity contribution < 1.29 is 14.3 Å². The molecule has 0 saturated carbocycles. The van der Waals surface area contributed by atoms with Crippen LogP contribution in [0.3, 0.4) is 0 Å². The number of carbonyl (C=O) groups excluding carboxylic acids is 1. The largest absolute Gasteiger partial charge is 0.497 e. The number of rotatable bonds is 9. The van der Waals surface area contributed by atoms with Crippen LogP contribution in [0.15, 0.2) is 42.9 Å². The molecule has 1 N–H and O–H groups in total. The van der Waals surface area contributed by atoms with Gasteiger partial charge in [-0.2, -0.15) is 5.10 Å². The number of benzene rings is 1. The first-order valence-corrected chi connectivity index (χ1v) is 8.85. The number of nitrogens with one attached hydrogen (secondary N) is 1. The zero-order valence-electron chi connectivity index (χ0n) is 16.2. The fraction of sp³-hybridized carbons (Fsp3) is 0.300. The van der Waals surface area contributed by atoms with Gasteiger partial charge in [-0.25, -0.2) is 9.97 Å². The minimum Gasteiger partial charge on any atom is -0.497 e. The minimum atomic E-state index is -0.0732. The Balaban J connectivity index is 1.64. The topological polar surface area (TPSA) is 91.2 Å². The van der Waals surface area contributed by atoms with E-state index in [2.05, 4.69) is 20.4 Å². The van der Waals surface area contributed by atoms with Gasteiger partial charge in [0.15, 0.2) is 11.6 Å². The smallest absolute Gasteiger partial charge is 0.228 e. The lowest BCUT2D eigenvalue weighted by molar-refractivity contribution is 0.0847. The molecule has 0 saturated heterocycles. The maximum atomic E-state index is 12.1. The van der Waals surface area contributed by atoms with Gasteiger partial charge in [-0.15, -0.1) is 0 Å². The van der Waals surface area contributed by atoms with Crippen LogP contribution in [0.2, 0.25) is 0 Å². The van der Waals surface area contributed by atoms with Crippen LogP contribution in [0, 0.1) is 0 Å². The number of methoxy groups -OCH3 is 2. The van der Waals surface area contributed by atoms with E-state index in [0.29, 0.717) is 23.1 Å². The Kier molecular flexibility index (Phi) is 6.33. The molecule has 0 aliphatic heterocycles. The normalized spacial score (nSPS) is 10.7. The summed E-state index contributed by atoms with van der Waals surface area (Å²) in [5.41, 5.74) is 2.59. The van der Waals surface area contributed by atoms with Crippen molar-refractivity contribution in [3.63, 3.8) is 0 Å². The second kappa shape index (κ2) is 9.09. The Morgan fingerprint density at radius 1 is 1.11 bits per heavy atom. The average molecular weight is 381 g/mol. The van der Waals surface area contributed by atoms with Gasteiger partial charge in [0.2, 0.25) is 5.95 Å². The number of ether oxygens (including phenoxy) is 2. The van der Waals surface area contributed by atoms with Gasteiger partial charge in [-0.05, 0) is 42.2 Å². The molecule has 0 radical (unpaired) electrons. The molecule has 3 rings (SSSR count). The molecule has 146 valence electrons. The highest BCUT2D eigenvalue weighted by atomic mass is 16.5. The summed E-state index contributed by atoms with van der Waals surface area (Å²) >= 11 is 0. The maximum absolute atomic E-state index is 12.1. The standard InChI is InChI=1S/C20H23N5O3/c1-25-7-6-19(24-25)23-20-21-11-15(12-22-20)5-4-14-8-16(18(26)13-27-2)10-17(9-14)28-3/h6-12H,4-5,13H2,1-3H3,(H,21,22,23,24). The summed E-state index contributed by atoms with van der Waals surface area (Å²) < 4.78 is 12.0. The van der Waals surface area contributed by atoms with Gasteiger partial charge < -0.3 is 14.8 Å². The van der Waals surface area contributed by atoms with Crippen LogP contribution in [0.1, 0.15) is 21.5 Å². The molecule has 0 bridgehead atoms. The highest BCUT2D eigenvalue weighted by Crippen LogP contribution is 2.19. The van der Waals surface area contributed by atoms with E-state index in [-0.39, 0.29) is 12.4 Å². The van der Waals surface area contributed by atoms with Crippen molar-refractivity contribution in [3.05, 3.63) is 59.5 Å². The number of aryl methyl sites for hydroxylation is 3. The summed E-state index contributed by atoms with van der Waals surface area (Å²) in [5.74, 6) is 1.77. The number of anilines is 2.